The van der Waals surface area contributed by atoms with Crippen LogP contribution in [0.2, 0.25) is 0 Å². The van der Waals surface area contributed by atoms with Gasteiger partial charge in [0.1, 0.15) is 5.60 Å². The predicted molar refractivity (Wildman–Crippen MR) is 70.4 cm³/mol. The number of hydrogen-bond acceptors (Lipinski definition) is 2. The molecule has 0 N–H and O–H groups in total. The van der Waals surface area contributed by atoms with Gasteiger partial charge in [-0.25, -0.2) is 0 Å². The first-order chi connectivity index (χ1) is 8.98. The number of carbonyl (C=O) groups is 1. The van der Waals surface area contributed by atoms with E-state index in [2.05, 4.69) is 0 Å². The lowest BCUT2D eigenvalue weighted by molar-refractivity contribution is -0.169. The summed E-state index contributed by atoms with van der Waals surface area (Å²) < 4.78 is 43.1. The molecule has 0 aliphatic rings. The summed E-state index contributed by atoms with van der Waals surface area (Å²) in [5, 5.41) is 0. The monoisotopic (exact) mass is 288 g/mol. The molecule has 1 unspecified atom stereocenters. The highest BCUT2D eigenvalue weighted by atomic mass is 19.4. The minimum atomic E-state index is -4.42. The molecule has 0 fully saturated rings. The fourth-order valence-corrected chi connectivity index (χ4v) is 1.74. The standard InChI is InChI=1S/C15H19F3O2/c1-10-5-7-11(8-6-10)12(9-15(16,17)18)13(19)20-14(2,3)4/h5-8,12H,9H2,1-4H3. The molecule has 0 aliphatic carbocycles. The fraction of sp³-hybridized carbons (Fsp3) is 0.533. The number of alkyl halides is 3. The number of rotatable bonds is 3. The van der Waals surface area contributed by atoms with Crippen LogP contribution in [0.4, 0.5) is 13.2 Å². The number of halogens is 3. The van der Waals surface area contributed by atoms with Crippen LogP contribution in [0, 0.1) is 6.92 Å². The number of ether oxygens (including phenoxy) is 1. The van der Waals surface area contributed by atoms with Crippen LogP contribution in [0.5, 0.6) is 0 Å². The van der Waals surface area contributed by atoms with Crippen LogP contribution in [0.15, 0.2) is 24.3 Å². The van der Waals surface area contributed by atoms with Crippen molar-refractivity contribution in [3.8, 4) is 0 Å². The lowest BCUT2D eigenvalue weighted by Crippen LogP contribution is -2.30. The average molecular weight is 288 g/mol. The van der Waals surface area contributed by atoms with Crippen molar-refractivity contribution in [2.24, 2.45) is 0 Å². The molecule has 20 heavy (non-hydrogen) atoms. The zero-order valence-electron chi connectivity index (χ0n) is 12.0. The molecule has 1 atom stereocenters. The molecule has 1 rings (SSSR count). The lowest BCUT2D eigenvalue weighted by Gasteiger charge is -2.25. The Kier molecular flexibility index (Phi) is 4.84. The smallest absolute Gasteiger partial charge is 0.390 e. The van der Waals surface area contributed by atoms with E-state index in [0.29, 0.717) is 5.56 Å². The van der Waals surface area contributed by atoms with E-state index >= 15 is 0 Å². The van der Waals surface area contributed by atoms with Gasteiger partial charge in [0.25, 0.3) is 0 Å². The summed E-state index contributed by atoms with van der Waals surface area (Å²) in [6, 6.07) is 6.44. The van der Waals surface area contributed by atoms with Gasteiger partial charge in [0.15, 0.2) is 0 Å². The van der Waals surface area contributed by atoms with Crippen LogP contribution >= 0.6 is 0 Å². The van der Waals surface area contributed by atoms with E-state index in [4.69, 9.17) is 4.74 Å². The molecule has 112 valence electrons. The number of hydrogen-bond donors (Lipinski definition) is 0. The normalized spacial score (nSPS) is 13.9. The van der Waals surface area contributed by atoms with Gasteiger partial charge in [-0.15, -0.1) is 0 Å². The van der Waals surface area contributed by atoms with Crippen LogP contribution < -0.4 is 0 Å². The summed E-state index contributed by atoms with van der Waals surface area (Å²) in [5.74, 6) is -2.17. The summed E-state index contributed by atoms with van der Waals surface area (Å²) in [4.78, 5) is 12.0. The molecule has 0 bridgehead atoms. The Morgan fingerprint density at radius 1 is 1.15 bits per heavy atom. The van der Waals surface area contributed by atoms with Gasteiger partial charge >= 0.3 is 12.1 Å². The molecule has 0 spiro atoms. The maximum absolute atomic E-state index is 12.7. The van der Waals surface area contributed by atoms with Crippen LogP contribution in [-0.2, 0) is 9.53 Å². The Bertz CT molecular complexity index is 455. The van der Waals surface area contributed by atoms with Crippen molar-refractivity contribution in [2.45, 2.75) is 51.8 Å². The molecule has 0 radical (unpaired) electrons. The van der Waals surface area contributed by atoms with Crippen molar-refractivity contribution in [3.05, 3.63) is 35.4 Å². The first-order valence-corrected chi connectivity index (χ1v) is 6.34. The molecule has 0 aliphatic heterocycles. The largest absolute Gasteiger partial charge is 0.459 e. The average Bonchev–Trinajstić information content (AvgIpc) is 2.23. The summed E-state index contributed by atoms with van der Waals surface area (Å²) in [6.45, 7) is 6.72. The van der Waals surface area contributed by atoms with Crippen LogP contribution in [-0.4, -0.2) is 17.7 Å². The summed E-state index contributed by atoms with van der Waals surface area (Å²) in [5.41, 5.74) is 0.428. The van der Waals surface area contributed by atoms with E-state index in [-0.39, 0.29) is 0 Å². The Morgan fingerprint density at radius 3 is 2.05 bits per heavy atom. The second-order valence-corrected chi connectivity index (χ2v) is 5.82. The summed E-state index contributed by atoms with van der Waals surface area (Å²) in [7, 11) is 0. The van der Waals surface area contributed by atoms with Crippen molar-refractivity contribution < 1.29 is 22.7 Å². The first kappa shape index (κ1) is 16.5. The third kappa shape index (κ3) is 5.63. The highest BCUT2D eigenvalue weighted by Crippen LogP contribution is 2.33. The van der Waals surface area contributed by atoms with Crippen LogP contribution in [0.25, 0.3) is 0 Å². The maximum Gasteiger partial charge on any atom is 0.390 e. The number of carbonyl (C=O) groups excluding carboxylic acids is 1. The van der Waals surface area contributed by atoms with Crippen LogP contribution in [0.1, 0.15) is 44.2 Å². The van der Waals surface area contributed by atoms with Gasteiger partial charge in [-0.2, -0.15) is 13.2 Å². The van der Waals surface area contributed by atoms with E-state index in [1.165, 1.54) is 12.1 Å². The SMILES string of the molecule is Cc1ccc(C(CC(F)(F)F)C(=O)OC(C)(C)C)cc1. The molecule has 1 aromatic carbocycles. The van der Waals surface area contributed by atoms with Crippen molar-refractivity contribution in [2.75, 3.05) is 0 Å². The van der Waals surface area contributed by atoms with Crippen LogP contribution in [0.3, 0.4) is 0 Å². The van der Waals surface area contributed by atoms with Gasteiger partial charge in [0.2, 0.25) is 0 Å². The summed E-state index contributed by atoms with van der Waals surface area (Å²) in [6.07, 6.45) is -5.64. The zero-order chi connectivity index (χ0) is 15.6. The van der Waals surface area contributed by atoms with Crippen molar-refractivity contribution in [1.29, 1.82) is 0 Å². The van der Waals surface area contributed by atoms with E-state index in [1.54, 1.807) is 32.9 Å². The molecule has 0 aromatic heterocycles. The van der Waals surface area contributed by atoms with E-state index in [9.17, 15) is 18.0 Å². The molecule has 1 aromatic rings. The third-order valence-electron chi connectivity index (χ3n) is 2.61. The maximum atomic E-state index is 12.7. The third-order valence-corrected chi connectivity index (χ3v) is 2.61. The van der Waals surface area contributed by atoms with E-state index < -0.39 is 30.1 Å². The Morgan fingerprint density at radius 2 is 1.65 bits per heavy atom. The Labute approximate surface area is 116 Å². The van der Waals surface area contributed by atoms with Crippen molar-refractivity contribution in [1.82, 2.24) is 0 Å². The minimum Gasteiger partial charge on any atom is -0.459 e. The summed E-state index contributed by atoms with van der Waals surface area (Å²) >= 11 is 0. The quantitative estimate of drug-likeness (QED) is 0.772. The minimum absolute atomic E-state index is 0.321. The van der Waals surface area contributed by atoms with E-state index in [0.717, 1.165) is 5.56 Å². The van der Waals surface area contributed by atoms with Gasteiger partial charge in [-0.05, 0) is 33.3 Å². The molecule has 0 heterocycles. The molecular formula is C15H19F3O2. The number of aryl methyl sites for hydroxylation is 1. The molecule has 5 heteroatoms. The predicted octanol–water partition coefficient (Wildman–Crippen LogP) is 4.37. The topological polar surface area (TPSA) is 26.3 Å². The van der Waals surface area contributed by atoms with Crippen molar-refractivity contribution >= 4 is 5.97 Å². The fourth-order valence-electron chi connectivity index (χ4n) is 1.74. The molecule has 2 nitrogen and oxygen atoms in total. The van der Waals surface area contributed by atoms with Gasteiger partial charge < -0.3 is 4.74 Å². The van der Waals surface area contributed by atoms with Gasteiger partial charge in [-0.3, -0.25) is 4.79 Å². The molecular weight excluding hydrogens is 269 g/mol. The van der Waals surface area contributed by atoms with Gasteiger partial charge in [0.05, 0.1) is 12.3 Å². The van der Waals surface area contributed by atoms with Gasteiger partial charge in [-0.1, -0.05) is 29.8 Å². The highest BCUT2D eigenvalue weighted by molar-refractivity contribution is 5.78. The molecule has 0 amide bonds. The zero-order valence-corrected chi connectivity index (χ0v) is 12.0. The second-order valence-electron chi connectivity index (χ2n) is 5.82. The van der Waals surface area contributed by atoms with Crippen molar-refractivity contribution in [3.63, 3.8) is 0 Å². The Hall–Kier alpha value is -1.52. The van der Waals surface area contributed by atoms with Gasteiger partial charge in [0, 0.05) is 0 Å². The first-order valence-electron chi connectivity index (χ1n) is 6.34. The van der Waals surface area contributed by atoms with E-state index in [1.807, 2.05) is 6.92 Å². The highest BCUT2D eigenvalue weighted by Gasteiger charge is 2.38. The molecule has 0 saturated carbocycles. The number of benzene rings is 1. The second kappa shape index (κ2) is 5.85. The Balaban J connectivity index is 3.02. The lowest BCUT2D eigenvalue weighted by atomic mass is 9.94. The molecule has 0 saturated heterocycles. The number of esters is 1.